The fourth-order valence-corrected chi connectivity index (χ4v) is 1.61. The van der Waals surface area contributed by atoms with Crippen LogP contribution in [0.1, 0.15) is 24.9 Å². The van der Waals surface area contributed by atoms with E-state index >= 15 is 0 Å². The lowest BCUT2D eigenvalue weighted by molar-refractivity contribution is -0.00474. The van der Waals surface area contributed by atoms with Crippen LogP contribution in [0.25, 0.3) is 0 Å². The van der Waals surface area contributed by atoms with Crippen LogP contribution in [0.2, 0.25) is 0 Å². The van der Waals surface area contributed by atoms with Gasteiger partial charge in [-0.15, -0.1) is 0 Å². The first-order chi connectivity index (χ1) is 8.06. The summed E-state index contributed by atoms with van der Waals surface area (Å²) in [7, 11) is 0. The van der Waals surface area contributed by atoms with Crippen LogP contribution in [0.3, 0.4) is 0 Å². The van der Waals surface area contributed by atoms with Gasteiger partial charge in [-0.1, -0.05) is 25.1 Å². The Kier molecular flexibility index (Phi) is 5.31. The Morgan fingerprint density at radius 2 is 1.94 bits per heavy atom. The van der Waals surface area contributed by atoms with Crippen LogP contribution in [0.5, 0.6) is 5.75 Å². The van der Waals surface area contributed by atoms with Crippen LogP contribution in [0.4, 0.5) is 8.78 Å². The average molecular weight is 245 g/mol. The second kappa shape index (κ2) is 6.51. The van der Waals surface area contributed by atoms with Gasteiger partial charge in [0.2, 0.25) is 0 Å². The normalized spacial score (nSPS) is 14.9. The fraction of sp³-hybridized carbons (Fsp3) is 0.500. The predicted octanol–water partition coefficient (Wildman–Crippen LogP) is 2.06. The molecule has 1 aromatic rings. The first-order valence-electron chi connectivity index (χ1n) is 5.53. The molecule has 3 nitrogen and oxygen atoms in total. The lowest BCUT2D eigenvalue weighted by Crippen LogP contribution is -2.34. The van der Waals surface area contributed by atoms with Gasteiger partial charge in [0.25, 0.3) is 6.43 Å². The first-order valence-corrected chi connectivity index (χ1v) is 5.53. The number of phenolic OH excluding ortho intramolecular Hbond substituents is 1. The predicted molar refractivity (Wildman–Crippen MR) is 61.2 cm³/mol. The molecule has 0 saturated carbocycles. The molecule has 3 N–H and O–H groups in total. The van der Waals surface area contributed by atoms with E-state index in [4.69, 9.17) is 5.11 Å². The molecule has 2 unspecified atom stereocenters. The number of benzene rings is 1. The molecule has 0 aliphatic rings. The summed E-state index contributed by atoms with van der Waals surface area (Å²) in [5.41, 5.74) is 0.650. The fourth-order valence-electron chi connectivity index (χ4n) is 1.61. The standard InChI is InChI=1S/C12H17F2NO2/c1-2-9(15-7-11(17)12(13)14)8-5-3-4-6-10(8)16/h3-6,9,11-12,15-17H,2,7H2,1H3. The first kappa shape index (κ1) is 13.9. The van der Waals surface area contributed by atoms with Crippen LogP contribution in [0, 0.1) is 0 Å². The molecule has 1 aromatic carbocycles. The van der Waals surface area contributed by atoms with Crippen molar-refractivity contribution in [1.29, 1.82) is 0 Å². The molecule has 2 atom stereocenters. The molecular weight excluding hydrogens is 228 g/mol. The van der Waals surface area contributed by atoms with Crippen molar-refractivity contribution in [3.63, 3.8) is 0 Å². The van der Waals surface area contributed by atoms with Crippen molar-refractivity contribution in [2.45, 2.75) is 31.9 Å². The third-order valence-electron chi connectivity index (χ3n) is 2.58. The van der Waals surface area contributed by atoms with Crippen molar-refractivity contribution in [2.75, 3.05) is 6.54 Å². The molecule has 0 bridgehead atoms. The average Bonchev–Trinajstić information content (AvgIpc) is 2.31. The Morgan fingerprint density at radius 1 is 1.29 bits per heavy atom. The summed E-state index contributed by atoms with van der Waals surface area (Å²) in [5.74, 6) is 0.124. The van der Waals surface area contributed by atoms with Gasteiger partial charge in [-0.3, -0.25) is 0 Å². The molecule has 0 aromatic heterocycles. The zero-order valence-electron chi connectivity index (χ0n) is 9.61. The van der Waals surface area contributed by atoms with Gasteiger partial charge in [0.1, 0.15) is 11.9 Å². The van der Waals surface area contributed by atoms with Crippen LogP contribution in [-0.4, -0.2) is 29.3 Å². The molecule has 5 heteroatoms. The molecule has 0 aliphatic carbocycles. The van der Waals surface area contributed by atoms with Gasteiger partial charge >= 0.3 is 0 Å². The number of aliphatic hydroxyl groups is 1. The summed E-state index contributed by atoms with van der Waals surface area (Å²) < 4.78 is 24.3. The summed E-state index contributed by atoms with van der Waals surface area (Å²) in [6.07, 6.45) is -3.81. The summed E-state index contributed by atoms with van der Waals surface area (Å²) >= 11 is 0. The Bertz CT molecular complexity index is 347. The van der Waals surface area contributed by atoms with E-state index in [1.165, 1.54) is 0 Å². The molecule has 0 amide bonds. The molecule has 17 heavy (non-hydrogen) atoms. The highest BCUT2D eigenvalue weighted by Crippen LogP contribution is 2.25. The van der Waals surface area contributed by atoms with E-state index in [-0.39, 0.29) is 18.3 Å². The molecular formula is C12H17F2NO2. The van der Waals surface area contributed by atoms with Crippen LogP contribution in [0.15, 0.2) is 24.3 Å². The zero-order chi connectivity index (χ0) is 12.8. The summed E-state index contributed by atoms with van der Waals surface area (Å²) in [6, 6.07) is 6.49. The molecule has 0 saturated heterocycles. The smallest absolute Gasteiger partial charge is 0.265 e. The summed E-state index contributed by atoms with van der Waals surface area (Å²) in [6.45, 7) is 1.67. The van der Waals surface area contributed by atoms with Gasteiger partial charge in [-0.05, 0) is 12.5 Å². The van der Waals surface area contributed by atoms with E-state index in [1.54, 1.807) is 24.3 Å². The third kappa shape index (κ3) is 3.94. The van der Waals surface area contributed by atoms with Crippen LogP contribution >= 0.6 is 0 Å². The topological polar surface area (TPSA) is 52.5 Å². The summed E-state index contributed by atoms with van der Waals surface area (Å²) in [5, 5.41) is 21.5. The van der Waals surface area contributed by atoms with Gasteiger partial charge in [0.15, 0.2) is 0 Å². The maximum absolute atomic E-state index is 12.1. The molecule has 0 aliphatic heterocycles. The quantitative estimate of drug-likeness (QED) is 0.719. The number of rotatable bonds is 6. The minimum atomic E-state index is -2.76. The van der Waals surface area contributed by atoms with Gasteiger partial charge < -0.3 is 15.5 Å². The summed E-state index contributed by atoms with van der Waals surface area (Å²) in [4.78, 5) is 0. The highest BCUT2D eigenvalue weighted by atomic mass is 19.3. The van der Waals surface area contributed by atoms with Crippen LogP contribution in [-0.2, 0) is 0 Å². The number of hydrogen-bond donors (Lipinski definition) is 3. The van der Waals surface area contributed by atoms with E-state index in [2.05, 4.69) is 5.32 Å². The van der Waals surface area contributed by atoms with E-state index < -0.39 is 12.5 Å². The van der Waals surface area contributed by atoms with E-state index in [0.29, 0.717) is 12.0 Å². The second-order valence-electron chi connectivity index (χ2n) is 3.83. The molecule has 0 fully saturated rings. The molecule has 0 spiro atoms. The Labute approximate surface area is 99.1 Å². The Morgan fingerprint density at radius 3 is 2.47 bits per heavy atom. The SMILES string of the molecule is CCC(NCC(O)C(F)F)c1ccccc1O. The van der Waals surface area contributed by atoms with E-state index in [1.807, 2.05) is 6.92 Å². The number of halogens is 2. The van der Waals surface area contributed by atoms with Gasteiger partial charge in [0, 0.05) is 18.2 Å². The molecule has 0 radical (unpaired) electrons. The van der Waals surface area contributed by atoms with Gasteiger partial charge in [0.05, 0.1) is 0 Å². The maximum Gasteiger partial charge on any atom is 0.265 e. The van der Waals surface area contributed by atoms with Gasteiger partial charge in [-0.25, -0.2) is 8.78 Å². The molecule has 1 rings (SSSR count). The monoisotopic (exact) mass is 245 g/mol. The van der Waals surface area contributed by atoms with Crippen LogP contribution < -0.4 is 5.32 Å². The number of phenols is 1. The molecule has 96 valence electrons. The largest absolute Gasteiger partial charge is 0.508 e. The third-order valence-corrected chi connectivity index (χ3v) is 2.58. The van der Waals surface area contributed by atoms with Crippen molar-refractivity contribution in [3.8, 4) is 5.75 Å². The minimum Gasteiger partial charge on any atom is -0.508 e. The number of hydrogen-bond acceptors (Lipinski definition) is 3. The Balaban J connectivity index is 2.64. The Hall–Kier alpha value is -1.20. The van der Waals surface area contributed by atoms with Crippen molar-refractivity contribution in [2.24, 2.45) is 0 Å². The number of aliphatic hydroxyl groups excluding tert-OH is 1. The molecule has 0 heterocycles. The van der Waals surface area contributed by atoms with Crippen molar-refractivity contribution < 1.29 is 19.0 Å². The maximum atomic E-state index is 12.1. The lowest BCUT2D eigenvalue weighted by atomic mass is 10.0. The number of para-hydroxylation sites is 1. The van der Waals surface area contributed by atoms with Crippen molar-refractivity contribution in [3.05, 3.63) is 29.8 Å². The van der Waals surface area contributed by atoms with Crippen molar-refractivity contribution in [1.82, 2.24) is 5.32 Å². The number of alkyl halides is 2. The lowest BCUT2D eigenvalue weighted by Gasteiger charge is -2.20. The van der Waals surface area contributed by atoms with E-state index in [9.17, 15) is 13.9 Å². The highest BCUT2D eigenvalue weighted by molar-refractivity contribution is 5.34. The number of nitrogens with one attached hydrogen (secondary N) is 1. The van der Waals surface area contributed by atoms with Gasteiger partial charge in [-0.2, -0.15) is 0 Å². The zero-order valence-corrected chi connectivity index (χ0v) is 9.61. The second-order valence-corrected chi connectivity index (χ2v) is 3.83. The van der Waals surface area contributed by atoms with Crippen molar-refractivity contribution >= 4 is 0 Å². The highest BCUT2D eigenvalue weighted by Gasteiger charge is 2.19. The van der Waals surface area contributed by atoms with E-state index in [0.717, 1.165) is 0 Å². The minimum absolute atomic E-state index is 0.124. The number of aromatic hydroxyl groups is 1.